The van der Waals surface area contributed by atoms with Crippen molar-refractivity contribution in [1.29, 1.82) is 0 Å². The molecule has 7 heteroatoms. The van der Waals surface area contributed by atoms with Crippen molar-refractivity contribution in [3.05, 3.63) is 102 Å². The number of halogens is 1. The molecule has 1 heterocycles. The lowest BCUT2D eigenvalue weighted by Gasteiger charge is -2.50. The number of nitrogens with zero attached hydrogens (tertiary/aromatic N) is 1. The van der Waals surface area contributed by atoms with Gasteiger partial charge in [-0.3, -0.25) is 14.5 Å². The van der Waals surface area contributed by atoms with Crippen molar-refractivity contribution in [2.24, 2.45) is 0 Å². The SMILES string of the molecule is O=C(c1ccccc1)N1C(=O)[C@](Br)(S(=O)(=O)c2ccccc2)[C@@H]1c1ccccc1. The molecule has 3 aromatic rings. The molecule has 5 nitrogen and oxygen atoms in total. The summed E-state index contributed by atoms with van der Waals surface area (Å²) in [5.41, 5.74) is 0.862. The van der Waals surface area contributed by atoms with Gasteiger partial charge < -0.3 is 0 Å². The van der Waals surface area contributed by atoms with Gasteiger partial charge in [0.2, 0.25) is 13.5 Å². The van der Waals surface area contributed by atoms with Gasteiger partial charge in [0, 0.05) is 5.56 Å². The van der Waals surface area contributed by atoms with Gasteiger partial charge >= 0.3 is 0 Å². The maximum absolute atomic E-state index is 13.4. The zero-order valence-corrected chi connectivity index (χ0v) is 17.5. The standard InChI is InChI=1S/C22H16BrNO4S/c23-22(29(27,28)18-14-8-3-9-15-18)19(16-10-4-1-5-11-16)24(21(22)26)20(25)17-12-6-2-7-13-17/h1-15,19H/t19-,22+/m0/s1. The second-order valence-electron chi connectivity index (χ2n) is 6.62. The molecule has 0 bridgehead atoms. The summed E-state index contributed by atoms with van der Waals surface area (Å²) in [7, 11) is -4.12. The second-order valence-corrected chi connectivity index (χ2v) is 10.5. The predicted molar refractivity (Wildman–Crippen MR) is 112 cm³/mol. The number of hydrogen-bond donors (Lipinski definition) is 0. The number of carbonyl (C=O) groups is 2. The van der Waals surface area contributed by atoms with Crippen LogP contribution < -0.4 is 0 Å². The minimum absolute atomic E-state index is 0.0120. The first-order valence-corrected chi connectivity index (χ1v) is 11.1. The van der Waals surface area contributed by atoms with Crippen LogP contribution in [0.1, 0.15) is 22.0 Å². The van der Waals surface area contributed by atoms with Crippen molar-refractivity contribution in [3.63, 3.8) is 0 Å². The fraction of sp³-hybridized carbons (Fsp3) is 0.0909. The van der Waals surface area contributed by atoms with E-state index in [0.717, 1.165) is 4.90 Å². The van der Waals surface area contributed by atoms with Crippen LogP contribution in [0.5, 0.6) is 0 Å². The molecule has 1 saturated heterocycles. The number of rotatable bonds is 4. The highest BCUT2D eigenvalue weighted by Crippen LogP contribution is 2.55. The van der Waals surface area contributed by atoms with Crippen molar-refractivity contribution in [1.82, 2.24) is 4.90 Å². The highest BCUT2D eigenvalue weighted by atomic mass is 79.9. The molecular formula is C22H16BrNO4S. The summed E-state index contributed by atoms with van der Waals surface area (Å²) < 4.78 is 24.9. The summed E-state index contributed by atoms with van der Waals surface area (Å²) in [5.74, 6) is -1.34. The molecule has 2 amide bonds. The van der Waals surface area contributed by atoms with Crippen LogP contribution in [-0.4, -0.2) is 28.8 Å². The molecule has 146 valence electrons. The van der Waals surface area contributed by atoms with Crippen molar-refractivity contribution in [2.75, 3.05) is 0 Å². The van der Waals surface area contributed by atoms with Crippen molar-refractivity contribution in [2.45, 2.75) is 14.6 Å². The Bertz CT molecular complexity index is 1170. The molecule has 0 N–H and O–H groups in total. The lowest BCUT2D eigenvalue weighted by molar-refractivity contribution is -0.142. The molecular weight excluding hydrogens is 454 g/mol. The fourth-order valence-electron chi connectivity index (χ4n) is 3.46. The number of benzene rings is 3. The number of likely N-dealkylation sites (tertiary alicyclic amines) is 1. The van der Waals surface area contributed by atoms with Gasteiger partial charge in [0.25, 0.3) is 11.8 Å². The summed E-state index contributed by atoms with van der Waals surface area (Å²) in [6.07, 6.45) is 0. The molecule has 0 spiro atoms. The average molecular weight is 470 g/mol. The van der Waals surface area contributed by atoms with Crippen LogP contribution in [0.15, 0.2) is 95.9 Å². The van der Waals surface area contributed by atoms with E-state index < -0.39 is 31.3 Å². The number of amides is 2. The normalized spacial score (nSPS) is 21.5. The van der Waals surface area contributed by atoms with E-state index in [9.17, 15) is 18.0 Å². The summed E-state index contributed by atoms with van der Waals surface area (Å²) in [5, 5.41) is 0. The molecule has 3 aromatic carbocycles. The number of carbonyl (C=O) groups excluding carboxylic acids is 2. The van der Waals surface area contributed by atoms with Gasteiger partial charge in [-0.2, -0.15) is 0 Å². The van der Waals surface area contributed by atoms with E-state index in [1.54, 1.807) is 78.9 Å². The van der Waals surface area contributed by atoms with Crippen molar-refractivity contribution >= 4 is 37.6 Å². The van der Waals surface area contributed by atoms with E-state index in [-0.39, 0.29) is 4.90 Å². The smallest absolute Gasteiger partial charge is 0.265 e. The molecule has 29 heavy (non-hydrogen) atoms. The Morgan fingerprint density at radius 2 is 1.31 bits per heavy atom. The Hall–Kier alpha value is -2.77. The van der Waals surface area contributed by atoms with E-state index in [0.29, 0.717) is 11.1 Å². The van der Waals surface area contributed by atoms with Crippen LogP contribution in [0.4, 0.5) is 0 Å². The quantitative estimate of drug-likeness (QED) is 0.329. The van der Waals surface area contributed by atoms with E-state index in [4.69, 9.17) is 0 Å². The third-order valence-corrected chi connectivity index (χ3v) is 9.04. The average Bonchev–Trinajstić information content (AvgIpc) is 2.77. The summed E-state index contributed by atoms with van der Waals surface area (Å²) >= 11 is 3.24. The van der Waals surface area contributed by atoms with Gasteiger partial charge in [-0.1, -0.05) is 82.7 Å². The van der Waals surface area contributed by atoms with E-state index in [1.807, 2.05) is 0 Å². The van der Waals surface area contributed by atoms with Gasteiger partial charge in [0.15, 0.2) is 0 Å². The maximum atomic E-state index is 13.4. The Balaban J connectivity index is 1.85. The highest BCUT2D eigenvalue weighted by molar-refractivity contribution is 9.12. The fourth-order valence-corrected chi connectivity index (χ4v) is 6.40. The van der Waals surface area contributed by atoms with Crippen LogP contribution in [-0.2, 0) is 14.6 Å². The summed E-state index contributed by atoms with van der Waals surface area (Å²) in [6.45, 7) is 0. The first-order chi connectivity index (χ1) is 13.9. The first kappa shape index (κ1) is 19.5. The minimum Gasteiger partial charge on any atom is -0.271 e. The number of imide groups is 1. The summed E-state index contributed by atoms with van der Waals surface area (Å²) in [4.78, 5) is 27.3. The molecule has 2 atom stereocenters. The molecule has 0 radical (unpaired) electrons. The zero-order valence-electron chi connectivity index (χ0n) is 15.1. The molecule has 0 unspecified atom stereocenters. The lowest BCUT2D eigenvalue weighted by atomic mass is 9.92. The van der Waals surface area contributed by atoms with Gasteiger partial charge in [0.1, 0.15) is 6.04 Å². The topological polar surface area (TPSA) is 71.5 Å². The lowest BCUT2D eigenvalue weighted by Crippen LogP contribution is -2.69. The highest BCUT2D eigenvalue weighted by Gasteiger charge is 2.70. The number of β-lactam (4-membered cyclic amide) rings is 1. The molecule has 0 aromatic heterocycles. The van der Waals surface area contributed by atoms with E-state index in [2.05, 4.69) is 15.9 Å². The molecule has 0 saturated carbocycles. The minimum atomic E-state index is -4.12. The van der Waals surface area contributed by atoms with Crippen LogP contribution in [0, 0.1) is 0 Å². The largest absolute Gasteiger partial charge is 0.271 e. The molecule has 1 fully saturated rings. The predicted octanol–water partition coefficient (Wildman–Crippen LogP) is 3.98. The van der Waals surface area contributed by atoms with E-state index in [1.165, 1.54) is 12.1 Å². The van der Waals surface area contributed by atoms with Crippen LogP contribution in [0.3, 0.4) is 0 Å². The van der Waals surface area contributed by atoms with Crippen LogP contribution >= 0.6 is 15.9 Å². The summed E-state index contributed by atoms with van der Waals surface area (Å²) in [6, 6.07) is 23.8. The Morgan fingerprint density at radius 1 is 0.828 bits per heavy atom. The number of hydrogen-bond acceptors (Lipinski definition) is 4. The Kier molecular flexibility index (Phi) is 4.88. The number of alkyl halides is 1. The van der Waals surface area contributed by atoms with Crippen LogP contribution in [0.2, 0.25) is 0 Å². The molecule has 1 aliphatic heterocycles. The second kappa shape index (κ2) is 7.24. The first-order valence-electron chi connectivity index (χ1n) is 8.85. The van der Waals surface area contributed by atoms with Gasteiger partial charge in [0.05, 0.1) is 4.90 Å². The van der Waals surface area contributed by atoms with Gasteiger partial charge in [-0.15, -0.1) is 0 Å². The van der Waals surface area contributed by atoms with Gasteiger partial charge in [-0.25, -0.2) is 8.42 Å². The molecule has 0 aliphatic carbocycles. The zero-order chi connectivity index (χ0) is 20.6. The van der Waals surface area contributed by atoms with Gasteiger partial charge in [-0.05, 0) is 29.8 Å². The third-order valence-electron chi connectivity index (χ3n) is 4.92. The Morgan fingerprint density at radius 3 is 1.86 bits per heavy atom. The monoisotopic (exact) mass is 469 g/mol. The Labute approximate surface area is 177 Å². The molecule has 1 aliphatic rings. The van der Waals surface area contributed by atoms with E-state index >= 15 is 0 Å². The third kappa shape index (κ3) is 2.92. The van der Waals surface area contributed by atoms with Crippen LogP contribution in [0.25, 0.3) is 0 Å². The molecule has 4 rings (SSSR count). The van der Waals surface area contributed by atoms with Crippen molar-refractivity contribution < 1.29 is 18.0 Å². The number of sulfone groups is 1. The van der Waals surface area contributed by atoms with Crippen molar-refractivity contribution in [3.8, 4) is 0 Å². The maximum Gasteiger partial charge on any atom is 0.265 e.